The number of nitriles is 1. The lowest BCUT2D eigenvalue weighted by molar-refractivity contribution is -0.123. The highest BCUT2D eigenvalue weighted by molar-refractivity contribution is 6.05. The van der Waals surface area contributed by atoms with Crippen LogP contribution in [0.3, 0.4) is 0 Å². The summed E-state index contributed by atoms with van der Waals surface area (Å²) < 4.78 is 5.57. The van der Waals surface area contributed by atoms with E-state index in [1.165, 1.54) is 4.90 Å². The van der Waals surface area contributed by atoms with Crippen molar-refractivity contribution in [2.45, 2.75) is 26.2 Å². The SMILES string of the molecule is CC(C)(C)c1ccc2c(c1)OCC(=O)N2CC(=O)Nc1cccc(C#N)c1. The van der Waals surface area contributed by atoms with E-state index in [0.29, 0.717) is 22.7 Å². The number of hydrogen-bond donors (Lipinski definition) is 1. The van der Waals surface area contributed by atoms with Gasteiger partial charge in [0.15, 0.2) is 6.61 Å². The van der Waals surface area contributed by atoms with E-state index in [4.69, 9.17) is 10.00 Å². The molecule has 2 amide bonds. The van der Waals surface area contributed by atoms with Crippen molar-refractivity contribution >= 4 is 23.2 Å². The molecule has 138 valence electrons. The molecule has 0 bridgehead atoms. The van der Waals surface area contributed by atoms with Crippen LogP contribution in [0.2, 0.25) is 0 Å². The summed E-state index contributed by atoms with van der Waals surface area (Å²) in [5.41, 5.74) is 2.60. The molecule has 0 unspecified atom stereocenters. The maximum atomic E-state index is 12.4. The second kappa shape index (κ2) is 7.12. The van der Waals surface area contributed by atoms with Crippen LogP contribution < -0.4 is 15.0 Å². The molecule has 6 heteroatoms. The first kappa shape index (κ1) is 18.5. The topological polar surface area (TPSA) is 82.4 Å². The molecule has 0 aromatic heterocycles. The zero-order valence-corrected chi connectivity index (χ0v) is 15.6. The monoisotopic (exact) mass is 363 g/mol. The highest BCUT2D eigenvalue weighted by Crippen LogP contribution is 2.36. The molecule has 0 saturated heterocycles. The Morgan fingerprint density at radius 3 is 2.74 bits per heavy atom. The lowest BCUT2D eigenvalue weighted by atomic mass is 9.86. The summed E-state index contributed by atoms with van der Waals surface area (Å²) in [4.78, 5) is 26.2. The molecule has 6 nitrogen and oxygen atoms in total. The van der Waals surface area contributed by atoms with Gasteiger partial charge in [-0.3, -0.25) is 14.5 Å². The second-order valence-corrected chi connectivity index (χ2v) is 7.44. The van der Waals surface area contributed by atoms with Crippen molar-refractivity contribution in [2.75, 3.05) is 23.4 Å². The lowest BCUT2D eigenvalue weighted by Crippen LogP contribution is -2.43. The third-order valence-corrected chi connectivity index (χ3v) is 4.35. The predicted octanol–water partition coefficient (Wildman–Crippen LogP) is 3.22. The van der Waals surface area contributed by atoms with E-state index in [-0.39, 0.29) is 30.4 Å². The maximum Gasteiger partial charge on any atom is 0.265 e. The molecule has 2 aromatic rings. The molecule has 0 aliphatic carbocycles. The van der Waals surface area contributed by atoms with Crippen molar-refractivity contribution in [1.82, 2.24) is 0 Å². The minimum Gasteiger partial charge on any atom is -0.482 e. The van der Waals surface area contributed by atoms with E-state index in [1.54, 1.807) is 24.3 Å². The van der Waals surface area contributed by atoms with Gasteiger partial charge in [0.2, 0.25) is 5.91 Å². The number of hydrogen-bond acceptors (Lipinski definition) is 4. The van der Waals surface area contributed by atoms with Gasteiger partial charge >= 0.3 is 0 Å². The Labute approximate surface area is 158 Å². The molecule has 27 heavy (non-hydrogen) atoms. The predicted molar refractivity (Wildman–Crippen MR) is 103 cm³/mol. The molecular formula is C21H21N3O3. The van der Waals surface area contributed by atoms with Gasteiger partial charge in [-0.15, -0.1) is 0 Å². The number of nitrogens with zero attached hydrogens (tertiary/aromatic N) is 2. The van der Waals surface area contributed by atoms with Crippen molar-refractivity contribution < 1.29 is 14.3 Å². The number of ether oxygens (including phenoxy) is 1. The Balaban J connectivity index is 1.80. The zero-order valence-electron chi connectivity index (χ0n) is 15.6. The van der Waals surface area contributed by atoms with E-state index in [0.717, 1.165) is 5.56 Å². The van der Waals surface area contributed by atoms with E-state index in [2.05, 4.69) is 26.1 Å². The average Bonchev–Trinajstić information content (AvgIpc) is 2.63. The Hall–Kier alpha value is -3.33. The molecule has 2 aromatic carbocycles. The lowest BCUT2D eigenvalue weighted by Gasteiger charge is -2.30. The minimum absolute atomic E-state index is 0.0478. The maximum absolute atomic E-state index is 12.4. The van der Waals surface area contributed by atoms with Gasteiger partial charge in [0.1, 0.15) is 12.3 Å². The number of rotatable bonds is 3. The van der Waals surface area contributed by atoms with Crippen LogP contribution in [0, 0.1) is 11.3 Å². The van der Waals surface area contributed by atoms with E-state index >= 15 is 0 Å². The quantitative estimate of drug-likeness (QED) is 0.908. The Morgan fingerprint density at radius 2 is 2.04 bits per heavy atom. The summed E-state index contributed by atoms with van der Waals surface area (Å²) in [6.45, 7) is 6.08. The highest BCUT2D eigenvalue weighted by atomic mass is 16.5. The van der Waals surface area contributed by atoms with Gasteiger partial charge in [-0.1, -0.05) is 32.9 Å². The molecule has 0 spiro atoms. The van der Waals surface area contributed by atoms with Crippen LogP contribution in [0.4, 0.5) is 11.4 Å². The Morgan fingerprint density at radius 1 is 1.26 bits per heavy atom. The first-order valence-electron chi connectivity index (χ1n) is 8.65. The van der Waals surface area contributed by atoms with Crippen molar-refractivity contribution in [3.05, 3.63) is 53.6 Å². The van der Waals surface area contributed by atoms with Crippen molar-refractivity contribution in [1.29, 1.82) is 5.26 Å². The third kappa shape index (κ3) is 4.09. The number of benzene rings is 2. The normalized spacial score (nSPS) is 13.4. The molecule has 1 N–H and O–H groups in total. The van der Waals surface area contributed by atoms with Gasteiger partial charge in [0.05, 0.1) is 17.3 Å². The average molecular weight is 363 g/mol. The Bertz CT molecular complexity index is 938. The molecule has 1 aliphatic rings. The smallest absolute Gasteiger partial charge is 0.265 e. The number of anilines is 2. The van der Waals surface area contributed by atoms with Crippen molar-refractivity contribution in [3.8, 4) is 11.8 Å². The summed E-state index contributed by atoms with van der Waals surface area (Å²) >= 11 is 0. The second-order valence-electron chi connectivity index (χ2n) is 7.44. The molecule has 1 heterocycles. The number of fused-ring (bicyclic) bond motifs is 1. The standard InChI is InChI=1S/C21H21N3O3/c1-21(2,3)15-7-8-17-18(10-15)27-13-20(26)24(17)12-19(25)23-16-6-4-5-14(9-16)11-22/h4-10H,12-13H2,1-3H3,(H,23,25). The summed E-state index contributed by atoms with van der Waals surface area (Å²) in [6.07, 6.45) is 0. The Kier molecular flexibility index (Phi) is 4.87. The summed E-state index contributed by atoms with van der Waals surface area (Å²) in [6, 6.07) is 14.3. The summed E-state index contributed by atoms with van der Waals surface area (Å²) in [5.74, 6) is -0.0144. The fourth-order valence-corrected chi connectivity index (χ4v) is 2.85. The van der Waals surface area contributed by atoms with Gasteiger partial charge < -0.3 is 10.1 Å². The van der Waals surface area contributed by atoms with E-state index in [1.807, 2.05) is 24.3 Å². The molecule has 0 saturated carbocycles. The molecule has 1 aliphatic heterocycles. The van der Waals surface area contributed by atoms with Crippen LogP contribution >= 0.6 is 0 Å². The molecule has 0 fully saturated rings. The van der Waals surface area contributed by atoms with Gasteiger partial charge in [0.25, 0.3) is 5.91 Å². The van der Waals surface area contributed by atoms with E-state index < -0.39 is 0 Å². The van der Waals surface area contributed by atoms with Crippen LogP contribution in [0.15, 0.2) is 42.5 Å². The third-order valence-electron chi connectivity index (χ3n) is 4.35. The minimum atomic E-state index is -0.341. The zero-order chi connectivity index (χ0) is 19.6. The van der Waals surface area contributed by atoms with Crippen LogP contribution in [0.5, 0.6) is 5.75 Å². The summed E-state index contributed by atoms with van der Waals surface area (Å²) in [7, 11) is 0. The first-order chi connectivity index (χ1) is 12.8. The molecular weight excluding hydrogens is 342 g/mol. The number of nitrogens with one attached hydrogen (secondary N) is 1. The van der Waals surface area contributed by atoms with Crippen molar-refractivity contribution in [2.24, 2.45) is 0 Å². The number of carbonyl (C=O) groups excluding carboxylic acids is 2. The van der Waals surface area contributed by atoms with E-state index in [9.17, 15) is 9.59 Å². The number of carbonyl (C=O) groups is 2. The summed E-state index contributed by atoms with van der Waals surface area (Å²) in [5, 5.41) is 11.7. The molecule has 0 atom stereocenters. The fourth-order valence-electron chi connectivity index (χ4n) is 2.85. The van der Waals surface area contributed by atoms with Gasteiger partial charge in [-0.25, -0.2) is 0 Å². The molecule has 3 rings (SSSR count). The first-order valence-corrected chi connectivity index (χ1v) is 8.65. The fraction of sp³-hybridized carbons (Fsp3) is 0.286. The van der Waals surface area contributed by atoms with Gasteiger partial charge in [-0.05, 0) is 41.3 Å². The van der Waals surface area contributed by atoms with Crippen LogP contribution in [0.25, 0.3) is 0 Å². The number of amides is 2. The van der Waals surface area contributed by atoms with Crippen molar-refractivity contribution in [3.63, 3.8) is 0 Å². The van der Waals surface area contributed by atoms with Gasteiger partial charge in [-0.2, -0.15) is 5.26 Å². The largest absolute Gasteiger partial charge is 0.482 e. The molecule has 0 radical (unpaired) electrons. The van der Waals surface area contributed by atoms with Crippen LogP contribution in [-0.2, 0) is 15.0 Å². The van der Waals surface area contributed by atoms with Crippen LogP contribution in [0.1, 0.15) is 31.9 Å². The highest BCUT2D eigenvalue weighted by Gasteiger charge is 2.28. The van der Waals surface area contributed by atoms with Crippen LogP contribution in [-0.4, -0.2) is 25.0 Å². The van der Waals surface area contributed by atoms with Gasteiger partial charge in [0, 0.05) is 5.69 Å².